The molecule has 0 spiro atoms. The second-order valence-electron chi connectivity index (χ2n) is 6.61. The smallest absolute Gasteiger partial charge is 0.0574 e. The SMILES string of the molecule is CCCCC=CCC(O)CCCCCCNCCCN(C)C. The zero-order valence-electron chi connectivity index (χ0n) is 15.3. The van der Waals surface area contributed by atoms with Crippen LogP contribution >= 0.6 is 0 Å². The standard InChI is InChI=1S/C19H40N2O/c1-4-5-6-7-10-14-19(22)15-11-8-9-12-16-20-17-13-18-21(2)3/h7,10,19-20,22H,4-6,8-9,11-18H2,1-3H3. The maximum absolute atomic E-state index is 9.88. The molecule has 0 heterocycles. The van der Waals surface area contributed by atoms with Crippen LogP contribution in [0.15, 0.2) is 12.2 Å². The van der Waals surface area contributed by atoms with E-state index in [-0.39, 0.29) is 6.10 Å². The van der Waals surface area contributed by atoms with E-state index in [4.69, 9.17) is 0 Å². The van der Waals surface area contributed by atoms with Crippen molar-refractivity contribution in [2.45, 2.75) is 77.2 Å². The molecule has 0 fully saturated rings. The van der Waals surface area contributed by atoms with Crippen molar-refractivity contribution < 1.29 is 5.11 Å². The van der Waals surface area contributed by atoms with Crippen molar-refractivity contribution in [3.63, 3.8) is 0 Å². The third-order valence-corrected chi connectivity index (χ3v) is 3.90. The van der Waals surface area contributed by atoms with E-state index in [0.29, 0.717) is 0 Å². The van der Waals surface area contributed by atoms with Gasteiger partial charge in [-0.3, -0.25) is 0 Å². The maximum Gasteiger partial charge on any atom is 0.0574 e. The lowest BCUT2D eigenvalue weighted by Crippen LogP contribution is -2.22. The summed E-state index contributed by atoms with van der Waals surface area (Å²) in [4.78, 5) is 2.23. The van der Waals surface area contributed by atoms with Crippen LogP contribution in [0.25, 0.3) is 0 Å². The fourth-order valence-corrected chi connectivity index (χ4v) is 2.44. The van der Waals surface area contributed by atoms with Crippen LogP contribution < -0.4 is 5.32 Å². The number of rotatable bonds is 16. The molecule has 3 nitrogen and oxygen atoms in total. The van der Waals surface area contributed by atoms with Crippen LogP contribution in [0.5, 0.6) is 0 Å². The molecule has 0 radical (unpaired) electrons. The Balaban J connectivity index is 3.20. The molecule has 1 atom stereocenters. The van der Waals surface area contributed by atoms with Crippen molar-refractivity contribution in [3.8, 4) is 0 Å². The van der Waals surface area contributed by atoms with Gasteiger partial charge in [-0.25, -0.2) is 0 Å². The molecule has 0 aromatic carbocycles. The van der Waals surface area contributed by atoms with Crippen molar-refractivity contribution in [1.82, 2.24) is 10.2 Å². The Morgan fingerprint density at radius 1 is 0.955 bits per heavy atom. The summed E-state index contributed by atoms with van der Waals surface area (Å²) in [6.07, 6.45) is 15.8. The molecule has 0 rings (SSSR count). The molecule has 2 N–H and O–H groups in total. The molecule has 0 aliphatic heterocycles. The molecule has 3 heteroatoms. The number of aliphatic hydroxyl groups excluding tert-OH is 1. The van der Waals surface area contributed by atoms with Crippen LogP contribution in [0.1, 0.15) is 71.1 Å². The molecule has 22 heavy (non-hydrogen) atoms. The summed E-state index contributed by atoms with van der Waals surface area (Å²) < 4.78 is 0. The lowest BCUT2D eigenvalue weighted by Gasteiger charge is -2.10. The van der Waals surface area contributed by atoms with Crippen molar-refractivity contribution in [3.05, 3.63) is 12.2 Å². The Morgan fingerprint density at radius 3 is 2.41 bits per heavy atom. The summed E-state index contributed by atoms with van der Waals surface area (Å²) >= 11 is 0. The number of nitrogens with zero attached hydrogens (tertiary/aromatic N) is 1. The number of nitrogens with one attached hydrogen (secondary N) is 1. The molecule has 0 saturated heterocycles. The highest BCUT2D eigenvalue weighted by Gasteiger charge is 2.01. The van der Waals surface area contributed by atoms with Gasteiger partial charge in [0.15, 0.2) is 0 Å². The van der Waals surface area contributed by atoms with Crippen LogP contribution in [-0.2, 0) is 0 Å². The Morgan fingerprint density at radius 2 is 1.68 bits per heavy atom. The van der Waals surface area contributed by atoms with Crippen molar-refractivity contribution in [2.75, 3.05) is 33.7 Å². The van der Waals surface area contributed by atoms with Gasteiger partial charge in [-0.05, 0) is 65.8 Å². The van der Waals surface area contributed by atoms with Crippen molar-refractivity contribution in [2.24, 2.45) is 0 Å². The number of unbranched alkanes of at least 4 members (excludes halogenated alkanes) is 5. The highest BCUT2D eigenvalue weighted by Crippen LogP contribution is 2.09. The first-order chi connectivity index (χ1) is 10.7. The van der Waals surface area contributed by atoms with Gasteiger partial charge in [-0.1, -0.05) is 51.2 Å². The van der Waals surface area contributed by atoms with Gasteiger partial charge in [0.1, 0.15) is 0 Å². The third kappa shape index (κ3) is 17.7. The van der Waals surface area contributed by atoms with Gasteiger partial charge in [-0.2, -0.15) is 0 Å². The zero-order valence-corrected chi connectivity index (χ0v) is 15.3. The number of hydrogen-bond donors (Lipinski definition) is 2. The first-order valence-electron chi connectivity index (χ1n) is 9.35. The topological polar surface area (TPSA) is 35.5 Å². The minimum absolute atomic E-state index is 0.137. The fraction of sp³-hybridized carbons (Fsp3) is 0.895. The maximum atomic E-state index is 9.88. The van der Waals surface area contributed by atoms with E-state index < -0.39 is 0 Å². The average Bonchev–Trinajstić information content (AvgIpc) is 2.48. The first-order valence-corrected chi connectivity index (χ1v) is 9.35. The summed E-state index contributed by atoms with van der Waals surface area (Å²) in [6.45, 7) is 5.64. The van der Waals surface area contributed by atoms with Gasteiger partial charge in [0.25, 0.3) is 0 Å². The molecule has 132 valence electrons. The van der Waals surface area contributed by atoms with Gasteiger partial charge >= 0.3 is 0 Å². The summed E-state index contributed by atoms with van der Waals surface area (Å²) in [6, 6.07) is 0. The van der Waals surface area contributed by atoms with E-state index in [9.17, 15) is 5.11 Å². The quantitative estimate of drug-likeness (QED) is 0.334. The Kier molecular flexibility index (Phi) is 16.7. The van der Waals surface area contributed by atoms with E-state index in [2.05, 4.69) is 43.4 Å². The Labute approximate surface area is 139 Å². The molecular formula is C19H40N2O. The van der Waals surface area contributed by atoms with Crippen molar-refractivity contribution >= 4 is 0 Å². The van der Waals surface area contributed by atoms with Gasteiger partial charge in [-0.15, -0.1) is 0 Å². The first kappa shape index (κ1) is 21.6. The number of hydrogen-bond acceptors (Lipinski definition) is 3. The van der Waals surface area contributed by atoms with Crippen LogP contribution in [0.4, 0.5) is 0 Å². The Bertz CT molecular complexity index is 242. The molecule has 0 aromatic rings. The highest BCUT2D eigenvalue weighted by molar-refractivity contribution is 4.83. The molecule has 1 unspecified atom stereocenters. The second kappa shape index (κ2) is 17.0. The highest BCUT2D eigenvalue weighted by atomic mass is 16.3. The van der Waals surface area contributed by atoms with E-state index in [0.717, 1.165) is 45.3 Å². The van der Waals surface area contributed by atoms with Crippen molar-refractivity contribution in [1.29, 1.82) is 0 Å². The molecule has 0 aliphatic carbocycles. The third-order valence-electron chi connectivity index (χ3n) is 3.90. The minimum atomic E-state index is -0.137. The van der Waals surface area contributed by atoms with Gasteiger partial charge in [0, 0.05) is 0 Å². The normalized spacial score (nSPS) is 13.3. The molecule has 0 bridgehead atoms. The van der Waals surface area contributed by atoms with Crippen LogP contribution in [0.3, 0.4) is 0 Å². The molecule has 0 aliphatic rings. The summed E-state index contributed by atoms with van der Waals surface area (Å²) in [5.41, 5.74) is 0. The fourth-order valence-electron chi connectivity index (χ4n) is 2.44. The van der Waals surface area contributed by atoms with Crippen LogP contribution in [0.2, 0.25) is 0 Å². The summed E-state index contributed by atoms with van der Waals surface area (Å²) in [5.74, 6) is 0. The van der Waals surface area contributed by atoms with E-state index in [1.807, 2.05) is 0 Å². The number of aliphatic hydroxyl groups is 1. The lowest BCUT2D eigenvalue weighted by molar-refractivity contribution is 0.163. The van der Waals surface area contributed by atoms with E-state index in [1.54, 1.807) is 0 Å². The molecular weight excluding hydrogens is 272 g/mol. The van der Waals surface area contributed by atoms with Gasteiger partial charge in [0.2, 0.25) is 0 Å². The summed E-state index contributed by atoms with van der Waals surface area (Å²) in [5, 5.41) is 13.4. The average molecular weight is 313 g/mol. The molecule has 0 amide bonds. The van der Waals surface area contributed by atoms with Gasteiger partial charge in [0.05, 0.1) is 6.10 Å². The van der Waals surface area contributed by atoms with Crippen LogP contribution in [-0.4, -0.2) is 49.8 Å². The largest absolute Gasteiger partial charge is 0.393 e. The second-order valence-corrected chi connectivity index (χ2v) is 6.61. The molecule has 0 aromatic heterocycles. The predicted octanol–water partition coefficient (Wildman–Crippen LogP) is 3.98. The van der Waals surface area contributed by atoms with Gasteiger partial charge < -0.3 is 15.3 Å². The van der Waals surface area contributed by atoms with E-state index in [1.165, 1.54) is 38.5 Å². The Hall–Kier alpha value is -0.380. The minimum Gasteiger partial charge on any atom is -0.393 e. The molecule has 0 saturated carbocycles. The lowest BCUT2D eigenvalue weighted by atomic mass is 10.1. The van der Waals surface area contributed by atoms with E-state index >= 15 is 0 Å². The van der Waals surface area contributed by atoms with Crippen LogP contribution in [0, 0.1) is 0 Å². The summed E-state index contributed by atoms with van der Waals surface area (Å²) in [7, 11) is 4.24. The zero-order chi connectivity index (χ0) is 16.5. The monoisotopic (exact) mass is 312 g/mol. The predicted molar refractivity (Wildman–Crippen MR) is 98.4 cm³/mol. The number of allylic oxidation sites excluding steroid dienone is 1.